The predicted octanol–water partition coefficient (Wildman–Crippen LogP) is 4.62. The normalized spacial score (nSPS) is 13.7. The SMILES string of the molecule is O=C(Nc1c(-c2cccc(F)c2)n[nH]c1C1CC1)c1cc(F)cc(F)c1. The smallest absolute Gasteiger partial charge is 0.255 e. The molecule has 0 unspecified atom stereocenters. The van der Waals surface area contributed by atoms with Crippen LogP contribution in [-0.2, 0) is 0 Å². The molecule has 0 spiro atoms. The molecule has 1 aliphatic rings. The van der Waals surface area contributed by atoms with E-state index in [0.717, 1.165) is 30.7 Å². The van der Waals surface area contributed by atoms with Gasteiger partial charge in [-0.25, -0.2) is 13.2 Å². The average molecular weight is 357 g/mol. The van der Waals surface area contributed by atoms with E-state index in [2.05, 4.69) is 15.5 Å². The summed E-state index contributed by atoms with van der Waals surface area (Å²) in [6.45, 7) is 0. The fourth-order valence-electron chi connectivity index (χ4n) is 2.86. The Kier molecular flexibility index (Phi) is 3.99. The molecule has 3 aromatic rings. The van der Waals surface area contributed by atoms with Crippen molar-refractivity contribution >= 4 is 11.6 Å². The molecule has 132 valence electrons. The highest BCUT2D eigenvalue weighted by atomic mass is 19.1. The number of anilines is 1. The van der Waals surface area contributed by atoms with Gasteiger partial charge in [0.25, 0.3) is 5.91 Å². The van der Waals surface area contributed by atoms with Crippen molar-refractivity contribution in [2.75, 3.05) is 5.32 Å². The predicted molar refractivity (Wildman–Crippen MR) is 90.3 cm³/mol. The zero-order valence-electron chi connectivity index (χ0n) is 13.5. The number of hydrogen-bond acceptors (Lipinski definition) is 2. The number of H-pyrrole nitrogens is 1. The number of carbonyl (C=O) groups is 1. The van der Waals surface area contributed by atoms with Crippen LogP contribution in [0.4, 0.5) is 18.9 Å². The molecule has 1 heterocycles. The van der Waals surface area contributed by atoms with Crippen LogP contribution in [0, 0.1) is 17.5 Å². The first-order valence-electron chi connectivity index (χ1n) is 8.13. The Hall–Kier alpha value is -3.09. The topological polar surface area (TPSA) is 57.8 Å². The van der Waals surface area contributed by atoms with Crippen LogP contribution in [-0.4, -0.2) is 16.1 Å². The lowest BCUT2D eigenvalue weighted by atomic mass is 10.1. The zero-order chi connectivity index (χ0) is 18.3. The third kappa shape index (κ3) is 3.20. The molecule has 0 saturated heterocycles. The molecule has 26 heavy (non-hydrogen) atoms. The lowest BCUT2D eigenvalue weighted by molar-refractivity contribution is 0.102. The monoisotopic (exact) mass is 357 g/mol. The summed E-state index contributed by atoms with van der Waals surface area (Å²) in [4.78, 5) is 12.5. The van der Waals surface area contributed by atoms with Crippen molar-refractivity contribution in [2.24, 2.45) is 0 Å². The fourth-order valence-corrected chi connectivity index (χ4v) is 2.86. The van der Waals surface area contributed by atoms with Gasteiger partial charge < -0.3 is 5.32 Å². The van der Waals surface area contributed by atoms with E-state index in [-0.39, 0.29) is 11.5 Å². The van der Waals surface area contributed by atoms with Crippen molar-refractivity contribution in [3.8, 4) is 11.3 Å². The second-order valence-electron chi connectivity index (χ2n) is 6.26. The fraction of sp³-hybridized carbons (Fsp3) is 0.158. The van der Waals surface area contributed by atoms with Gasteiger partial charge in [0.05, 0.1) is 11.4 Å². The summed E-state index contributed by atoms with van der Waals surface area (Å²) < 4.78 is 40.4. The first-order chi connectivity index (χ1) is 12.5. The molecular formula is C19H14F3N3O. The average Bonchev–Trinajstić information content (AvgIpc) is 3.35. The van der Waals surface area contributed by atoms with Gasteiger partial charge in [0.15, 0.2) is 0 Å². The maximum atomic E-state index is 13.6. The minimum atomic E-state index is -0.838. The molecule has 0 atom stereocenters. The molecule has 1 amide bonds. The summed E-state index contributed by atoms with van der Waals surface area (Å²) in [5.41, 5.74) is 1.88. The lowest BCUT2D eigenvalue weighted by Gasteiger charge is -2.09. The first kappa shape index (κ1) is 16.4. The number of benzene rings is 2. The van der Waals surface area contributed by atoms with E-state index in [0.29, 0.717) is 23.0 Å². The number of halogens is 3. The van der Waals surface area contributed by atoms with E-state index >= 15 is 0 Å². The van der Waals surface area contributed by atoms with Gasteiger partial charge >= 0.3 is 0 Å². The Balaban J connectivity index is 1.73. The van der Waals surface area contributed by atoms with Crippen molar-refractivity contribution in [1.29, 1.82) is 0 Å². The highest BCUT2D eigenvalue weighted by Crippen LogP contribution is 2.45. The van der Waals surface area contributed by atoms with Gasteiger partial charge in [-0.2, -0.15) is 5.10 Å². The molecule has 4 nitrogen and oxygen atoms in total. The van der Waals surface area contributed by atoms with Crippen LogP contribution in [0.2, 0.25) is 0 Å². The number of carbonyl (C=O) groups excluding carboxylic acids is 1. The van der Waals surface area contributed by atoms with E-state index in [9.17, 15) is 18.0 Å². The minimum Gasteiger partial charge on any atom is -0.319 e. The van der Waals surface area contributed by atoms with Crippen LogP contribution >= 0.6 is 0 Å². The summed E-state index contributed by atoms with van der Waals surface area (Å²) in [5.74, 6) is -2.54. The number of nitrogens with zero attached hydrogens (tertiary/aromatic N) is 1. The van der Waals surface area contributed by atoms with Crippen LogP contribution in [0.3, 0.4) is 0 Å². The zero-order valence-corrected chi connectivity index (χ0v) is 13.5. The van der Waals surface area contributed by atoms with Crippen LogP contribution in [0.15, 0.2) is 42.5 Å². The Morgan fingerprint density at radius 2 is 1.77 bits per heavy atom. The highest BCUT2D eigenvalue weighted by molar-refractivity contribution is 6.06. The molecular weight excluding hydrogens is 343 g/mol. The quantitative estimate of drug-likeness (QED) is 0.716. The number of nitrogens with one attached hydrogen (secondary N) is 2. The number of rotatable bonds is 4. The van der Waals surface area contributed by atoms with Crippen molar-refractivity contribution in [1.82, 2.24) is 10.2 Å². The molecule has 0 aliphatic heterocycles. The summed E-state index contributed by atoms with van der Waals surface area (Å²) in [5, 5.41) is 9.80. The van der Waals surface area contributed by atoms with Gasteiger partial charge in [0.1, 0.15) is 23.1 Å². The molecule has 1 aliphatic carbocycles. The van der Waals surface area contributed by atoms with Gasteiger partial charge in [-0.05, 0) is 37.1 Å². The van der Waals surface area contributed by atoms with Crippen molar-refractivity contribution < 1.29 is 18.0 Å². The van der Waals surface area contributed by atoms with Crippen molar-refractivity contribution in [3.63, 3.8) is 0 Å². The number of aromatic amines is 1. The van der Waals surface area contributed by atoms with Crippen LogP contribution in [0.5, 0.6) is 0 Å². The first-order valence-corrected chi connectivity index (χ1v) is 8.13. The molecule has 0 bridgehead atoms. The summed E-state index contributed by atoms with van der Waals surface area (Å²) in [6, 6.07) is 8.45. The number of aromatic nitrogens is 2. The molecule has 1 aromatic heterocycles. The van der Waals surface area contributed by atoms with Crippen molar-refractivity contribution in [2.45, 2.75) is 18.8 Å². The van der Waals surface area contributed by atoms with Crippen LogP contribution in [0.1, 0.15) is 34.8 Å². The molecule has 7 heteroatoms. The van der Waals surface area contributed by atoms with E-state index in [1.807, 2.05) is 0 Å². The number of hydrogen-bond donors (Lipinski definition) is 2. The third-order valence-electron chi connectivity index (χ3n) is 4.24. The molecule has 1 fully saturated rings. The van der Waals surface area contributed by atoms with E-state index in [4.69, 9.17) is 0 Å². The van der Waals surface area contributed by atoms with Gasteiger partial charge in [0, 0.05) is 23.1 Å². The third-order valence-corrected chi connectivity index (χ3v) is 4.24. The standard InChI is InChI=1S/C19H14F3N3O/c20-13-3-1-2-11(6-13)17-18(16(24-25-17)10-4-5-10)23-19(26)12-7-14(21)9-15(22)8-12/h1-3,6-10H,4-5H2,(H,23,26)(H,24,25). The molecule has 1 saturated carbocycles. The second kappa shape index (κ2) is 6.33. The maximum absolute atomic E-state index is 13.6. The van der Waals surface area contributed by atoms with E-state index < -0.39 is 23.4 Å². The van der Waals surface area contributed by atoms with E-state index in [1.54, 1.807) is 12.1 Å². The van der Waals surface area contributed by atoms with Crippen LogP contribution < -0.4 is 5.32 Å². The molecule has 4 rings (SSSR count). The largest absolute Gasteiger partial charge is 0.319 e. The van der Waals surface area contributed by atoms with Gasteiger partial charge in [-0.3, -0.25) is 9.89 Å². The molecule has 2 aromatic carbocycles. The molecule has 2 N–H and O–H groups in total. The highest BCUT2D eigenvalue weighted by Gasteiger charge is 2.31. The Morgan fingerprint density at radius 1 is 1.04 bits per heavy atom. The van der Waals surface area contributed by atoms with Crippen LogP contribution in [0.25, 0.3) is 11.3 Å². The Morgan fingerprint density at radius 3 is 2.42 bits per heavy atom. The summed E-state index contributed by atoms with van der Waals surface area (Å²) in [6.07, 6.45) is 1.89. The second-order valence-corrected chi connectivity index (χ2v) is 6.26. The lowest BCUT2D eigenvalue weighted by Crippen LogP contribution is -2.14. The van der Waals surface area contributed by atoms with Gasteiger partial charge in [-0.15, -0.1) is 0 Å². The maximum Gasteiger partial charge on any atom is 0.255 e. The van der Waals surface area contributed by atoms with Gasteiger partial charge in [-0.1, -0.05) is 12.1 Å². The van der Waals surface area contributed by atoms with Gasteiger partial charge in [0.2, 0.25) is 0 Å². The summed E-state index contributed by atoms with van der Waals surface area (Å²) in [7, 11) is 0. The molecule has 0 radical (unpaired) electrons. The summed E-state index contributed by atoms with van der Waals surface area (Å²) >= 11 is 0. The minimum absolute atomic E-state index is 0.143. The van der Waals surface area contributed by atoms with Crippen molar-refractivity contribution in [3.05, 3.63) is 71.2 Å². The van der Waals surface area contributed by atoms with E-state index in [1.165, 1.54) is 12.1 Å². The number of amides is 1. The Bertz CT molecular complexity index is 975. The Labute approximate surface area is 147 Å².